The first-order chi connectivity index (χ1) is 15.5. The van der Waals surface area contributed by atoms with Gasteiger partial charge in [0.1, 0.15) is 6.04 Å². The first-order valence-corrected chi connectivity index (χ1v) is 10.8. The Hall–Kier alpha value is -3.01. The number of carbonyl (C=O) groups is 2. The second-order valence-electron chi connectivity index (χ2n) is 8.34. The van der Waals surface area contributed by atoms with Gasteiger partial charge >= 0.3 is 12.2 Å². The molecule has 1 aliphatic heterocycles. The summed E-state index contributed by atoms with van der Waals surface area (Å²) in [4.78, 5) is 30.1. The number of aromatic nitrogens is 1. The molecule has 176 valence electrons. The van der Waals surface area contributed by atoms with Crippen LogP contribution in [0.4, 0.5) is 23.7 Å². The fraction of sp³-hybridized carbons (Fsp3) is 0.409. The van der Waals surface area contributed by atoms with Crippen LogP contribution >= 0.6 is 11.6 Å². The van der Waals surface area contributed by atoms with E-state index in [1.165, 1.54) is 30.9 Å². The number of benzene rings is 1. The van der Waals surface area contributed by atoms with E-state index in [0.717, 1.165) is 30.4 Å². The molecule has 2 aromatic rings. The van der Waals surface area contributed by atoms with Gasteiger partial charge in [0.25, 0.3) is 0 Å². The third kappa shape index (κ3) is 4.71. The zero-order valence-electron chi connectivity index (χ0n) is 18.0. The minimum atomic E-state index is -4.74. The Kier molecular flexibility index (Phi) is 6.13. The van der Waals surface area contributed by atoms with Gasteiger partial charge in [-0.15, -0.1) is 0 Å². The zero-order valence-corrected chi connectivity index (χ0v) is 18.7. The number of carbonyl (C=O) groups excluding carboxylic acids is 2. The molecule has 0 unspecified atom stereocenters. The van der Waals surface area contributed by atoms with E-state index in [-0.39, 0.29) is 18.3 Å². The molecule has 0 spiro atoms. The van der Waals surface area contributed by atoms with Gasteiger partial charge in [0.05, 0.1) is 17.6 Å². The number of hydrogen-bond acceptors (Lipinski definition) is 4. The molecule has 2 N–H and O–H groups in total. The molecule has 0 radical (unpaired) electrons. The lowest BCUT2D eigenvalue weighted by molar-refractivity contribution is -0.191. The normalized spacial score (nSPS) is 20.9. The third-order valence-corrected chi connectivity index (χ3v) is 6.34. The molecule has 11 heteroatoms. The molecular formula is C22H23ClF3N5O2. The summed E-state index contributed by atoms with van der Waals surface area (Å²) in [6.07, 6.45) is -1.87. The van der Waals surface area contributed by atoms with Crippen molar-refractivity contribution in [1.29, 1.82) is 0 Å². The summed E-state index contributed by atoms with van der Waals surface area (Å²) in [5.74, 6) is -0.815. The van der Waals surface area contributed by atoms with Crippen LogP contribution in [-0.2, 0) is 17.6 Å². The number of nitrogens with one attached hydrogen (secondary N) is 2. The number of fused-ring (bicyclic) bond motifs is 1. The Morgan fingerprint density at radius 3 is 2.61 bits per heavy atom. The molecule has 33 heavy (non-hydrogen) atoms. The maximum absolute atomic E-state index is 13.9. The summed E-state index contributed by atoms with van der Waals surface area (Å²) in [5, 5.41) is 6.42. The van der Waals surface area contributed by atoms with Crippen molar-refractivity contribution in [2.45, 2.75) is 37.1 Å². The van der Waals surface area contributed by atoms with E-state index < -0.39 is 30.2 Å². The summed E-state index contributed by atoms with van der Waals surface area (Å²) in [7, 11) is 2.45. The quantitative estimate of drug-likeness (QED) is 0.686. The number of anilines is 1. The molecule has 1 aliphatic carbocycles. The van der Waals surface area contributed by atoms with Gasteiger partial charge in [-0.1, -0.05) is 17.7 Å². The molecule has 3 amide bonds. The van der Waals surface area contributed by atoms with Gasteiger partial charge in [-0.05, 0) is 48.2 Å². The number of pyridine rings is 1. The van der Waals surface area contributed by atoms with Crippen molar-refractivity contribution in [1.82, 2.24) is 20.1 Å². The smallest absolute Gasteiger partial charge is 0.380 e. The molecule has 3 atom stereocenters. The Labute approximate surface area is 193 Å². The molecule has 1 saturated heterocycles. The monoisotopic (exact) mass is 481 g/mol. The van der Waals surface area contributed by atoms with Gasteiger partial charge in [0.15, 0.2) is 6.04 Å². The maximum Gasteiger partial charge on any atom is 0.414 e. The molecule has 0 saturated carbocycles. The summed E-state index contributed by atoms with van der Waals surface area (Å²) in [5.41, 5.74) is 2.61. The van der Waals surface area contributed by atoms with Gasteiger partial charge in [-0.3, -0.25) is 9.78 Å². The highest BCUT2D eigenvalue weighted by Gasteiger charge is 2.48. The molecule has 7 nitrogen and oxygen atoms in total. The summed E-state index contributed by atoms with van der Waals surface area (Å²) < 4.78 is 41.8. The fourth-order valence-corrected chi connectivity index (χ4v) is 4.56. The summed E-state index contributed by atoms with van der Waals surface area (Å²) in [6.45, 7) is -0.0473. The first-order valence-electron chi connectivity index (χ1n) is 10.4. The molecule has 2 aliphatic rings. The summed E-state index contributed by atoms with van der Waals surface area (Å²) >= 11 is 6.05. The van der Waals surface area contributed by atoms with Crippen LogP contribution in [0.3, 0.4) is 0 Å². The van der Waals surface area contributed by atoms with Crippen molar-refractivity contribution in [3.63, 3.8) is 0 Å². The van der Waals surface area contributed by atoms with Crippen LogP contribution in [0.5, 0.6) is 0 Å². The topological polar surface area (TPSA) is 77.6 Å². The predicted octanol–water partition coefficient (Wildman–Crippen LogP) is 3.40. The number of urea groups is 1. The SMILES string of the molecule is CN1C(=O)NC[C@@H]1C(=O)N(C)[C@@H](c1ccc(N[C@H]2Cc3ccc(Cl)cc3C2)cn1)C(F)(F)F. The van der Waals surface area contributed by atoms with Crippen LogP contribution in [-0.4, -0.2) is 65.6 Å². The van der Waals surface area contributed by atoms with Gasteiger partial charge in [0.2, 0.25) is 5.91 Å². The average molecular weight is 482 g/mol. The van der Waals surface area contributed by atoms with Crippen molar-refractivity contribution in [3.05, 3.63) is 58.4 Å². The number of likely N-dealkylation sites (N-methyl/N-ethyl adjacent to an activating group) is 2. The van der Waals surface area contributed by atoms with Crippen molar-refractivity contribution in [2.24, 2.45) is 0 Å². The lowest BCUT2D eigenvalue weighted by atomic mass is 10.1. The number of halogens is 4. The van der Waals surface area contributed by atoms with Crippen LogP contribution in [0.15, 0.2) is 36.5 Å². The predicted molar refractivity (Wildman–Crippen MR) is 117 cm³/mol. The third-order valence-electron chi connectivity index (χ3n) is 6.10. The van der Waals surface area contributed by atoms with Gasteiger partial charge in [-0.2, -0.15) is 13.2 Å². The molecule has 1 aromatic carbocycles. The highest BCUT2D eigenvalue weighted by atomic mass is 35.5. The Balaban J connectivity index is 1.48. The van der Waals surface area contributed by atoms with E-state index in [1.54, 1.807) is 0 Å². The van der Waals surface area contributed by atoms with Crippen LogP contribution in [0, 0.1) is 0 Å². The van der Waals surface area contributed by atoms with Crippen LogP contribution in [0.2, 0.25) is 5.02 Å². The minimum absolute atomic E-state index is 0.0473. The second-order valence-corrected chi connectivity index (χ2v) is 8.78. The largest absolute Gasteiger partial charge is 0.414 e. The van der Waals surface area contributed by atoms with Crippen molar-refractivity contribution in [2.75, 3.05) is 26.0 Å². The van der Waals surface area contributed by atoms with Gasteiger partial charge in [0, 0.05) is 31.7 Å². The lowest BCUT2D eigenvalue weighted by Gasteiger charge is -2.32. The molecule has 1 aromatic heterocycles. The number of amides is 3. The zero-order chi connectivity index (χ0) is 23.9. The van der Waals surface area contributed by atoms with Crippen LogP contribution in [0.25, 0.3) is 0 Å². The highest BCUT2D eigenvalue weighted by Crippen LogP contribution is 2.37. The lowest BCUT2D eigenvalue weighted by Crippen LogP contribution is -2.49. The molecular weight excluding hydrogens is 459 g/mol. The minimum Gasteiger partial charge on any atom is -0.380 e. The standard InChI is InChI=1S/C22H23ClF3N5O2/c1-30-18(11-28-21(30)33)20(32)31(2)19(22(24,25)26)17-6-5-15(10-27-17)29-16-8-12-3-4-14(23)7-13(12)9-16/h3-7,10,16,18-19,29H,8-9,11H2,1-2H3,(H,28,33)/t16-,18+,19-/m0/s1. The van der Waals surface area contributed by atoms with E-state index in [0.29, 0.717) is 15.6 Å². The van der Waals surface area contributed by atoms with Crippen LogP contribution in [0.1, 0.15) is 22.9 Å². The summed E-state index contributed by atoms with van der Waals surface area (Å²) in [6, 6.07) is 4.87. The van der Waals surface area contributed by atoms with Gasteiger partial charge in [-0.25, -0.2) is 4.79 Å². The van der Waals surface area contributed by atoms with E-state index >= 15 is 0 Å². The van der Waals surface area contributed by atoms with Gasteiger partial charge < -0.3 is 20.4 Å². The second kappa shape index (κ2) is 8.74. The van der Waals surface area contributed by atoms with E-state index in [9.17, 15) is 22.8 Å². The molecule has 0 bridgehead atoms. The van der Waals surface area contributed by atoms with E-state index in [1.807, 2.05) is 18.2 Å². The van der Waals surface area contributed by atoms with Crippen molar-refractivity contribution >= 4 is 29.2 Å². The van der Waals surface area contributed by atoms with Crippen molar-refractivity contribution < 1.29 is 22.8 Å². The van der Waals surface area contributed by atoms with E-state index in [2.05, 4.69) is 15.6 Å². The number of rotatable bonds is 5. The Morgan fingerprint density at radius 2 is 2.00 bits per heavy atom. The average Bonchev–Trinajstić information content (AvgIpc) is 3.30. The molecule has 4 rings (SSSR count). The highest BCUT2D eigenvalue weighted by molar-refractivity contribution is 6.30. The number of alkyl halides is 3. The molecule has 1 fully saturated rings. The van der Waals surface area contributed by atoms with Crippen LogP contribution < -0.4 is 10.6 Å². The Morgan fingerprint density at radius 1 is 1.27 bits per heavy atom. The fourth-order valence-electron chi connectivity index (χ4n) is 4.37. The first kappa shape index (κ1) is 23.2. The Bertz CT molecular complexity index is 1060. The van der Waals surface area contributed by atoms with Crippen molar-refractivity contribution in [3.8, 4) is 0 Å². The van der Waals surface area contributed by atoms with E-state index in [4.69, 9.17) is 11.6 Å². The molecule has 2 heterocycles. The number of hydrogen-bond donors (Lipinski definition) is 2. The number of nitrogens with zero attached hydrogens (tertiary/aromatic N) is 3. The maximum atomic E-state index is 13.9.